The zero-order valence-electron chi connectivity index (χ0n) is 30.1. The van der Waals surface area contributed by atoms with Gasteiger partial charge in [-0.25, -0.2) is 0 Å². The lowest BCUT2D eigenvalue weighted by atomic mass is 9.90. The fourth-order valence-electron chi connectivity index (χ4n) is 5.98. The van der Waals surface area contributed by atoms with Crippen molar-refractivity contribution in [1.82, 2.24) is 16.0 Å². The summed E-state index contributed by atoms with van der Waals surface area (Å²) < 4.78 is 31.5. The number of ether oxygens (including phenoxy) is 6. The van der Waals surface area contributed by atoms with Gasteiger partial charge in [0.15, 0.2) is 18.9 Å². The van der Waals surface area contributed by atoms with Gasteiger partial charge < -0.3 is 111 Å². The van der Waals surface area contributed by atoms with Gasteiger partial charge in [0.2, 0.25) is 17.7 Å². The minimum absolute atomic E-state index is 0.271. The van der Waals surface area contributed by atoms with E-state index < -0.39 is 155 Å². The lowest BCUT2D eigenvalue weighted by Gasteiger charge is -2.39. The average molecular weight is 822 g/mol. The molecule has 0 saturated carbocycles. The molecule has 3 aliphatic rings. The van der Waals surface area contributed by atoms with Crippen molar-refractivity contribution in [3.8, 4) is 0 Å². The minimum Gasteiger partial charge on any atom is -0.394 e. The summed E-state index contributed by atoms with van der Waals surface area (Å²) >= 11 is 0. The first kappa shape index (κ1) is 48.0. The molecule has 25 heteroatoms. The number of hydrogen-bond donors (Lipinski definition) is 16. The number of carbonyl (C=O) groups excluding carboxylic acids is 3. The first-order valence-electron chi connectivity index (χ1n) is 17.8. The summed E-state index contributed by atoms with van der Waals surface area (Å²) in [5.41, 5.74) is -2.33. The second-order valence-electron chi connectivity index (χ2n) is 13.5. The second kappa shape index (κ2) is 22.7. The van der Waals surface area contributed by atoms with Crippen molar-refractivity contribution in [2.75, 3.05) is 59.3 Å². The maximum atomic E-state index is 12.9. The van der Waals surface area contributed by atoms with E-state index in [0.29, 0.717) is 0 Å². The van der Waals surface area contributed by atoms with Crippen LogP contribution in [0.25, 0.3) is 0 Å². The number of carbonyl (C=O) groups is 3. The normalized spacial score (nSPS) is 36.5. The number of aliphatic hydroxyl groups excluding tert-OH is 12. The third kappa shape index (κ3) is 13.3. The highest BCUT2D eigenvalue weighted by molar-refractivity contribution is 5.84. The third-order valence-electron chi connectivity index (χ3n) is 9.13. The van der Waals surface area contributed by atoms with Crippen LogP contribution in [0, 0.1) is 0 Å². The molecule has 0 aliphatic carbocycles. The van der Waals surface area contributed by atoms with Gasteiger partial charge >= 0.3 is 0 Å². The molecular formula is C31H55N3O22. The van der Waals surface area contributed by atoms with Gasteiger partial charge in [0, 0.05) is 19.6 Å². The van der Waals surface area contributed by atoms with Crippen molar-refractivity contribution in [2.45, 2.75) is 117 Å². The predicted molar refractivity (Wildman–Crippen MR) is 177 cm³/mol. The molecule has 15 atom stereocenters. The van der Waals surface area contributed by atoms with E-state index in [9.17, 15) is 80.8 Å². The van der Waals surface area contributed by atoms with Crippen molar-refractivity contribution in [1.29, 1.82) is 0 Å². The molecule has 0 spiro atoms. The van der Waals surface area contributed by atoms with Crippen LogP contribution in [0.1, 0.15) is 19.3 Å². The Bertz CT molecular complexity index is 1080. The van der Waals surface area contributed by atoms with Crippen LogP contribution in [0.5, 0.6) is 0 Å². The molecule has 0 radical (unpaired) electrons. The molecule has 0 aromatic carbocycles. The fourth-order valence-corrected chi connectivity index (χ4v) is 5.98. The highest BCUT2D eigenvalue weighted by Gasteiger charge is 2.46. The molecule has 3 rings (SSSR count). The van der Waals surface area contributed by atoms with E-state index >= 15 is 0 Å². The molecule has 326 valence electrons. The first-order valence-corrected chi connectivity index (χ1v) is 17.8. The van der Waals surface area contributed by atoms with Crippen molar-refractivity contribution in [2.24, 2.45) is 0 Å². The van der Waals surface area contributed by atoms with E-state index in [1.165, 1.54) is 0 Å². The number of amides is 3. The number of aliphatic hydroxyl groups is 13. The van der Waals surface area contributed by atoms with Crippen LogP contribution in [0.15, 0.2) is 0 Å². The second-order valence-corrected chi connectivity index (χ2v) is 13.5. The van der Waals surface area contributed by atoms with E-state index in [2.05, 4.69) is 16.0 Å². The molecule has 3 heterocycles. The molecular weight excluding hydrogens is 766 g/mol. The molecule has 0 unspecified atom stereocenters. The van der Waals surface area contributed by atoms with Crippen molar-refractivity contribution >= 4 is 17.7 Å². The van der Waals surface area contributed by atoms with Crippen molar-refractivity contribution in [3.63, 3.8) is 0 Å². The van der Waals surface area contributed by atoms with Crippen LogP contribution in [-0.4, -0.2) is 241 Å². The van der Waals surface area contributed by atoms with Crippen molar-refractivity contribution in [3.05, 3.63) is 0 Å². The Balaban J connectivity index is 1.53. The SMILES string of the molecule is O=C(CC(O)(CC(=O)NCCO[C@@H]1O[C@H](CO)[C@H](O)[C@H](O)[C@H]1O)CC(=O)NCCO[C@@H]1O[C@H](CO)[C@H](O)[C@H](O)[C@H]1O)NCCO[C@@H]1O[C@H](CO)[C@H](O)[C@H](O)[C@H]1O. The summed E-state index contributed by atoms with van der Waals surface area (Å²) in [5.74, 6) is -2.62. The Labute approximate surface area is 319 Å². The maximum Gasteiger partial charge on any atom is 0.223 e. The zero-order chi connectivity index (χ0) is 41.7. The minimum atomic E-state index is -2.33. The Morgan fingerprint density at radius 1 is 0.446 bits per heavy atom. The zero-order valence-corrected chi connectivity index (χ0v) is 30.1. The molecule has 16 N–H and O–H groups in total. The van der Waals surface area contributed by atoms with Gasteiger partial charge in [0.1, 0.15) is 73.2 Å². The van der Waals surface area contributed by atoms with Crippen LogP contribution >= 0.6 is 0 Å². The molecule has 0 aromatic heterocycles. The summed E-state index contributed by atoms with van der Waals surface area (Å²) in [6.07, 6.45) is -25.7. The summed E-state index contributed by atoms with van der Waals surface area (Å²) in [4.78, 5) is 38.6. The monoisotopic (exact) mass is 821 g/mol. The van der Waals surface area contributed by atoms with Gasteiger partial charge in [-0.15, -0.1) is 0 Å². The maximum absolute atomic E-state index is 12.9. The molecule has 0 aromatic rings. The van der Waals surface area contributed by atoms with Gasteiger partial charge in [0.25, 0.3) is 0 Å². The van der Waals surface area contributed by atoms with Gasteiger partial charge in [-0.05, 0) is 0 Å². The predicted octanol–water partition coefficient (Wildman–Crippen LogP) is -10.3. The fraction of sp³-hybridized carbons (Fsp3) is 0.903. The standard InChI is InChI=1S/C31H55N3O22/c35-10-13-19(41)22(44)25(47)28(54-13)51-4-1-32-16(38)7-31(50,8-17(39)33-2-5-52-29-26(48)23(45)20(42)14(11-36)55-29)9-18(40)34-3-6-53-30-27(49)24(46)21(43)15(12-37)56-30/h13-15,19-30,35-37,41-50H,1-12H2,(H,32,38)(H,33,39)(H,34,40)/t13-,14-,15-,19+,20+,21+,22+,23+,24+,25-,26-,27-,28-,29-,30-/m1/s1. The van der Waals surface area contributed by atoms with E-state index in [-0.39, 0.29) is 39.5 Å². The van der Waals surface area contributed by atoms with Crippen molar-refractivity contribution < 1.29 is 109 Å². The topological polar surface area (TPSA) is 406 Å². The average Bonchev–Trinajstić information content (AvgIpc) is 3.16. The number of hydrogen-bond acceptors (Lipinski definition) is 22. The third-order valence-corrected chi connectivity index (χ3v) is 9.13. The smallest absolute Gasteiger partial charge is 0.223 e. The molecule has 3 fully saturated rings. The quantitative estimate of drug-likeness (QED) is 0.0478. The van der Waals surface area contributed by atoms with E-state index in [4.69, 9.17) is 28.4 Å². The van der Waals surface area contributed by atoms with Crippen LogP contribution in [-0.2, 0) is 42.8 Å². The lowest BCUT2D eigenvalue weighted by Crippen LogP contribution is -2.59. The van der Waals surface area contributed by atoms with E-state index in [0.717, 1.165) is 0 Å². The van der Waals surface area contributed by atoms with Crippen LogP contribution in [0.2, 0.25) is 0 Å². The summed E-state index contributed by atoms with van der Waals surface area (Å²) in [7, 11) is 0. The first-order chi connectivity index (χ1) is 26.5. The number of rotatable bonds is 21. The molecule has 56 heavy (non-hydrogen) atoms. The summed E-state index contributed by atoms with van der Waals surface area (Å²) in [5, 5.41) is 136. The van der Waals surface area contributed by atoms with Crippen LogP contribution < -0.4 is 16.0 Å². The van der Waals surface area contributed by atoms with Gasteiger partial charge in [0.05, 0.1) is 64.5 Å². The van der Waals surface area contributed by atoms with Crippen LogP contribution in [0.4, 0.5) is 0 Å². The molecule has 25 nitrogen and oxygen atoms in total. The van der Waals surface area contributed by atoms with Crippen LogP contribution in [0.3, 0.4) is 0 Å². The van der Waals surface area contributed by atoms with E-state index in [1.54, 1.807) is 0 Å². The van der Waals surface area contributed by atoms with Gasteiger partial charge in [-0.2, -0.15) is 0 Å². The molecule has 3 amide bonds. The highest BCUT2D eigenvalue weighted by atomic mass is 16.7. The molecule has 3 aliphatic heterocycles. The highest BCUT2D eigenvalue weighted by Crippen LogP contribution is 2.25. The Morgan fingerprint density at radius 3 is 0.929 bits per heavy atom. The van der Waals surface area contributed by atoms with Gasteiger partial charge in [-0.1, -0.05) is 0 Å². The summed E-state index contributed by atoms with van der Waals surface area (Å²) in [6.45, 7) is -3.91. The summed E-state index contributed by atoms with van der Waals surface area (Å²) in [6, 6.07) is 0. The Morgan fingerprint density at radius 2 is 0.696 bits per heavy atom. The van der Waals surface area contributed by atoms with E-state index in [1.807, 2.05) is 0 Å². The number of nitrogens with one attached hydrogen (secondary N) is 3. The lowest BCUT2D eigenvalue weighted by molar-refractivity contribution is -0.300. The molecule has 3 saturated heterocycles. The van der Waals surface area contributed by atoms with Gasteiger partial charge in [-0.3, -0.25) is 14.4 Å². The largest absolute Gasteiger partial charge is 0.394 e. The molecule has 0 bridgehead atoms. The Kier molecular flexibility index (Phi) is 19.5. The Hall–Kier alpha value is -2.35.